The van der Waals surface area contributed by atoms with Crippen molar-refractivity contribution < 1.29 is 17.9 Å². The van der Waals surface area contributed by atoms with E-state index in [4.69, 9.17) is 0 Å². The molecule has 5 nitrogen and oxygen atoms in total. The van der Waals surface area contributed by atoms with Crippen molar-refractivity contribution in [1.29, 1.82) is 0 Å². The number of carbonyl (C=O) groups excluding carboxylic acids is 1. The van der Waals surface area contributed by atoms with Crippen molar-refractivity contribution in [1.82, 2.24) is 0 Å². The van der Waals surface area contributed by atoms with Gasteiger partial charge in [0.1, 0.15) is 9.77 Å². The Hall–Kier alpha value is -1.86. The van der Waals surface area contributed by atoms with E-state index in [-0.39, 0.29) is 9.77 Å². The van der Waals surface area contributed by atoms with Gasteiger partial charge in [0.15, 0.2) is 0 Å². The molecule has 0 bridgehead atoms. The number of hydrogen-bond donors (Lipinski definition) is 0. The van der Waals surface area contributed by atoms with E-state index in [1.54, 1.807) is 42.6 Å². The van der Waals surface area contributed by atoms with Crippen LogP contribution in [0.3, 0.4) is 0 Å². The summed E-state index contributed by atoms with van der Waals surface area (Å²) in [5.74, 6) is -0.645. The molecule has 0 fully saturated rings. The van der Waals surface area contributed by atoms with Crippen molar-refractivity contribution in [3.63, 3.8) is 0 Å². The van der Waals surface area contributed by atoms with Crippen molar-refractivity contribution in [2.24, 2.45) is 0 Å². The molecule has 0 spiro atoms. The van der Waals surface area contributed by atoms with Gasteiger partial charge in [-0.15, -0.1) is 11.3 Å². The maximum atomic E-state index is 12.8. The molecule has 0 aliphatic rings. The van der Waals surface area contributed by atoms with Gasteiger partial charge in [0.2, 0.25) is 0 Å². The Morgan fingerprint density at radius 1 is 1.24 bits per heavy atom. The molecule has 2 aromatic rings. The van der Waals surface area contributed by atoms with Crippen LogP contribution in [0.15, 0.2) is 40.6 Å². The Balaban J connectivity index is 2.55. The lowest BCUT2D eigenvalue weighted by Gasteiger charge is -2.20. The number of ether oxygens (including phenoxy) is 1. The summed E-state index contributed by atoms with van der Waals surface area (Å²) >= 11 is 1.07. The molecule has 0 aliphatic carbocycles. The van der Waals surface area contributed by atoms with Gasteiger partial charge >= 0.3 is 5.97 Å². The second-order valence-corrected chi connectivity index (χ2v) is 7.16. The Kier molecular flexibility index (Phi) is 4.34. The van der Waals surface area contributed by atoms with Gasteiger partial charge < -0.3 is 4.74 Å². The van der Waals surface area contributed by atoms with E-state index in [1.807, 2.05) is 0 Å². The smallest absolute Gasteiger partial charge is 0.349 e. The number of sulfonamides is 1. The number of carbonyl (C=O) groups is 1. The topological polar surface area (TPSA) is 63.7 Å². The molecule has 21 heavy (non-hydrogen) atoms. The maximum Gasteiger partial charge on any atom is 0.349 e. The summed E-state index contributed by atoms with van der Waals surface area (Å²) in [6.07, 6.45) is 0. The third-order valence-electron chi connectivity index (χ3n) is 3.03. The summed E-state index contributed by atoms with van der Waals surface area (Å²) in [4.78, 5) is 11.9. The quantitative estimate of drug-likeness (QED) is 0.811. The zero-order chi connectivity index (χ0) is 15.6. The minimum atomic E-state index is -3.82. The average molecular weight is 325 g/mol. The Morgan fingerprint density at radius 3 is 2.43 bits per heavy atom. The molecule has 0 atom stereocenters. The van der Waals surface area contributed by atoms with Gasteiger partial charge in [-0.3, -0.25) is 4.31 Å². The molecule has 0 N–H and O–H groups in total. The molecule has 0 unspecified atom stereocenters. The van der Waals surface area contributed by atoms with Gasteiger partial charge in [-0.1, -0.05) is 18.2 Å². The summed E-state index contributed by atoms with van der Waals surface area (Å²) in [7, 11) is -1.13. The molecule has 1 aromatic carbocycles. The van der Waals surface area contributed by atoms with Crippen LogP contribution >= 0.6 is 11.3 Å². The molecule has 0 saturated carbocycles. The molecular formula is C14H15NO4S2. The summed E-state index contributed by atoms with van der Waals surface area (Å²) in [6, 6.07) is 8.69. The fraction of sp³-hybridized carbons (Fsp3) is 0.214. The second-order valence-electron chi connectivity index (χ2n) is 4.38. The van der Waals surface area contributed by atoms with Crippen molar-refractivity contribution in [2.75, 3.05) is 18.5 Å². The van der Waals surface area contributed by atoms with Crippen LogP contribution in [0, 0.1) is 6.92 Å². The third-order valence-corrected chi connectivity index (χ3v) is 6.21. The van der Waals surface area contributed by atoms with Crippen molar-refractivity contribution in [3.05, 3.63) is 46.2 Å². The summed E-state index contributed by atoms with van der Waals surface area (Å²) in [5.41, 5.74) is 1.06. The van der Waals surface area contributed by atoms with E-state index in [2.05, 4.69) is 4.74 Å². The molecule has 1 aromatic heterocycles. The molecule has 0 aliphatic heterocycles. The van der Waals surface area contributed by atoms with Crippen LogP contribution in [0.1, 0.15) is 15.2 Å². The Morgan fingerprint density at radius 2 is 1.86 bits per heavy atom. The largest absolute Gasteiger partial charge is 0.465 e. The van der Waals surface area contributed by atoms with Crippen molar-refractivity contribution in [3.8, 4) is 0 Å². The SMILES string of the molecule is COC(=O)c1scc(C)c1S(=O)(=O)N(C)c1ccccc1. The van der Waals surface area contributed by atoms with E-state index in [1.165, 1.54) is 14.2 Å². The van der Waals surface area contributed by atoms with E-state index in [0.717, 1.165) is 15.6 Å². The summed E-state index contributed by atoms with van der Waals surface area (Å²) in [6.45, 7) is 1.66. The molecular weight excluding hydrogens is 310 g/mol. The number of rotatable bonds is 4. The first-order valence-electron chi connectivity index (χ1n) is 6.10. The number of aryl methyl sites for hydroxylation is 1. The summed E-state index contributed by atoms with van der Waals surface area (Å²) in [5, 5.41) is 1.64. The van der Waals surface area contributed by atoms with Crippen molar-refractivity contribution >= 4 is 33.0 Å². The zero-order valence-electron chi connectivity index (χ0n) is 11.9. The molecule has 0 amide bonds. The number of nitrogens with zero attached hydrogens (tertiary/aromatic N) is 1. The molecule has 0 saturated heterocycles. The third kappa shape index (κ3) is 2.79. The highest BCUT2D eigenvalue weighted by atomic mass is 32.2. The number of benzene rings is 1. The molecule has 0 radical (unpaired) electrons. The van der Waals surface area contributed by atoms with Crippen LogP contribution in [0.4, 0.5) is 5.69 Å². The monoisotopic (exact) mass is 325 g/mol. The summed E-state index contributed by atoms with van der Waals surface area (Å²) < 4.78 is 31.4. The lowest BCUT2D eigenvalue weighted by Crippen LogP contribution is -2.28. The lowest BCUT2D eigenvalue weighted by atomic mass is 10.3. The fourth-order valence-electron chi connectivity index (χ4n) is 1.90. The number of thiophene rings is 1. The van der Waals surface area contributed by atoms with Gasteiger partial charge in [0.05, 0.1) is 12.8 Å². The van der Waals surface area contributed by atoms with Gasteiger partial charge in [0.25, 0.3) is 10.0 Å². The van der Waals surface area contributed by atoms with Gasteiger partial charge in [-0.25, -0.2) is 13.2 Å². The first-order chi connectivity index (χ1) is 9.89. The minimum Gasteiger partial charge on any atom is -0.465 e. The number of esters is 1. The van der Waals surface area contributed by atoms with E-state index < -0.39 is 16.0 Å². The first kappa shape index (κ1) is 15.5. The molecule has 2 rings (SSSR count). The normalized spacial score (nSPS) is 11.2. The predicted molar refractivity (Wildman–Crippen MR) is 82.4 cm³/mol. The number of hydrogen-bond acceptors (Lipinski definition) is 5. The standard InChI is InChI=1S/C14H15NO4S2/c1-10-9-20-12(14(16)19-3)13(10)21(17,18)15(2)11-7-5-4-6-8-11/h4-9H,1-3H3. The van der Waals surface area contributed by atoms with Crippen LogP contribution in [0.5, 0.6) is 0 Å². The molecule has 112 valence electrons. The van der Waals surface area contributed by atoms with Crippen LogP contribution in [-0.2, 0) is 14.8 Å². The highest BCUT2D eigenvalue weighted by molar-refractivity contribution is 7.93. The van der Waals surface area contributed by atoms with E-state index in [0.29, 0.717) is 11.3 Å². The highest BCUT2D eigenvalue weighted by Gasteiger charge is 2.31. The average Bonchev–Trinajstić information content (AvgIpc) is 2.89. The van der Waals surface area contributed by atoms with Gasteiger partial charge in [-0.05, 0) is 30.0 Å². The number of para-hydroxylation sites is 1. The molecule has 7 heteroatoms. The Labute approximate surface area is 127 Å². The highest BCUT2D eigenvalue weighted by Crippen LogP contribution is 2.31. The first-order valence-corrected chi connectivity index (χ1v) is 8.42. The predicted octanol–water partition coefficient (Wildman–Crippen LogP) is 2.67. The van der Waals surface area contributed by atoms with Gasteiger partial charge in [-0.2, -0.15) is 0 Å². The maximum absolute atomic E-state index is 12.8. The van der Waals surface area contributed by atoms with Crippen LogP contribution in [-0.4, -0.2) is 28.5 Å². The number of anilines is 1. The number of methoxy groups -OCH3 is 1. The van der Waals surface area contributed by atoms with Gasteiger partial charge in [0, 0.05) is 7.05 Å². The molecule has 1 heterocycles. The van der Waals surface area contributed by atoms with Crippen molar-refractivity contribution in [2.45, 2.75) is 11.8 Å². The minimum absolute atomic E-state index is 0.00528. The fourth-order valence-corrected chi connectivity index (χ4v) is 4.75. The zero-order valence-corrected chi connectivity index (χ0v) is 13.5. The van der Waals surface area contributed by atoms with Crippen LogP contribution in [0.25, 0.3) is 0 Å². The van der Waals surface area contributed by atoms with E-state index in [9.17, 15) is 13.2 Å². The second kappa shape index (κ2) is 5.87. The van der Waals surface area contributed by atoms with Crippen LogP contribution in [0.2, 0.25) is 0 Å². The van der Waals surface area contributed by atoms with Crippen LogP contribution < -0.4 is 4.31 Å². The van der Waals surface area contributed by atoms with E-state index >= 15 is 0 Å². The Bertz CT molecular complexity index is 751. The lowest BCUT2D eigenvalue weighted by molar-refractivity contribution is 0.0602.